The quantitative estimate of drug-likeness (QED) is 0.865. The normalized spacial score (nSPS) is 20.1. The van der Waals surface area contributed by atoms with Gasteiger partial charge >= 0.3 is 0 Å². The van der Waals surface area contributed by atoms with Crippen molar-refractivity contribution >= 4 is 25.8 Å². The third-order valence-electron chi connectivity index (χ3n) is 2.53. The Morgan fingerprint density at radius 3 is 2.39 bits per heavy atom. The van der Waals surface area contributed by atoms with Crippen LogP contribution in [0.25, 0.3) is 0 Å². The highest BCUT2D eigenvalue weighted by Crippen LogP contribution is 2.35. The minimum absolute atomic E-state index is 0.0956. The summed E-state index contributed by atoms with van der Waals surface area (Å²) < 4.78 is 23.9. The Kier molecular flexibility index (Phi) is 3.53. The van der Waals surface area contributed by atoms with E-state index in [4.69, 9.17) is 4.84 Å². The van der Waals surface area contributed by atoms with Crippen LogP contribution in [0.15, 0.2) is 41.4 Å². The predicted molar refractivity (Wildman–Crippen MR) is 73.4 cm³/mol. The molecule has 6 heteroatoms. The number of halogens is 1. The smallest absolute Gasteiger partial charge is 0.212 e. The zero-order valence-corrected chi connectivity index (χ0v) is 12.5. The van der Waals surface area contributed by atoms with Gasteiger partial charge in [-0.15, -0.1) is 0 Å². The molecule has 0 bridgehead atoms. The van der Waals surface area contributed by atoms with Crippen LogP contribution in [0.5, 0.6) is 0 Å². The minimum atomic E-state index is -3.52. The van der Waals surface area contributed by atoms with Crippen LogP contribution in [0.2, 0.25) is 0 Å². The first-order valence-electron chi connectivity index (χ1n) is 5.43. The second-order valence-electron chi connectivity index (χ2n) is 4.59. The maximum atomic E-state index is 12.4. The van der Waals surface area contributed by atoms with Gasteiger partial charge in [0.1, 0.15) is 9.76 Å². The molecule has 0 amide bonds. The number of sulfone groups is 1. The fraction of sp³-hybridized carbons (Fsp3) is 0.333. The zero-order valence-electron chi connectivity index (χ0n) is 10.1. The molecular weight excluding hydrogens is 318 g/mol. The molecule has 1 aromatic carbocycles. The lowest BCUT2D eigenvalue weighted by molar-refractivity contribution is -0.0129. The van der Waals surface area contributed by atoms with Crippen molar-refractivity contribution in [3.05, 3.63) is 47.0 Å². The summed E-state index contributed by atoms with van der Waals surface area (Å²) >= 11 is 3.23. The Labute approximate surface area is 115 Å². The van der Waals surface area contributed by atoms with Gasteiger partial charge in [0, 0.05) is 0 Å². The van der Waals surface area contributed by atoms with E-state index in [-0.39, 0.29) is 5.03 Å². The molecule has 1 unspecified atom stereocenters. The summed E-state index contributed by atoms with van der Waals surface area (Å²) in [6.07, 6.45) is 1.57. The topological polar surface area (TPSA) is 55.4 Å². The van der Waals surface area contributed by atoms with E-state index in [2.05, 4.69) is 21.4 Å². The van der Waals surface area contributed by atoms with Gasteiger partial charge in [-0.2, -0.15) is 0 Å². The Morgan fingerprint density at radius 2 is 1.89 bits per heavy atom. The Bertz CT molecular complexity index is 566. The summed E-state index contributed by atoms with van der Waals surface area (Å²) in [5.74, 6) is 0. The van der Waals surface area contributed by atoms with E-state index in [0.29, 0.717) is 5.56 Å². The molecule has 0 fully saturated rings. The van der Waals surface area contributed by atoms with Gasteiger partial charge in [-0.05, 0) is 25.5 Å². The van der Waals surface area contributed by atoms with E-state index in [9.17, 15) is 8.42 Å². The monoisotopic (exact) mass is 331 g/mol. The molecule has 0 aromatic heterocycles. The first-order chi connectivity index (χ1) is 8.33. The molecule has 0 spiro atoms. The number of hydrogen-bond donors (Lipinski definition) is 1. The van der Waals surface area contributed by atoms with Crippen molar-refractivity contribution in [3.63, 3.8) is 0 Å². The molecule has 1 N–H and O–H groups in total. The molecule has 4 nitrogen and oxygen atoms in total. The Hall–Kier alpha value is -0.850. The molecule has 18 heavy (non-hydrogen) atoms. The van der Waals surface area contributed by atoms with E-state index in [1.807, 2.05) is 6.07 Å². The SMILES string of the molecule is CC1(C)C=C(S(=O)(=O)C(Br)c2ccccc2)NO1. The van der Waals surface area contributed by atoms with Gasteiger partial charge in [0.15, 0.2) is 5.03 Å². The number of benzene rings is 1. The Balaban J connectivity index is 2.34. The van der Waals surface area contributed by atoms with Gasteiger partial charge in [0.2, 0.25) is 9.84 Å². The maximum absolute atomic E-state index is 12.4. The highest BCUT2D eigenvalue weighted by Gasteiger charge is 2.35. The fourth-order valence-corrected chi connectivity index (χ4v) is 3.85. The molecular formula is C12H14BrNO3S. The molecule has 1 atom stereocenters. The van der Waals surface area contributed by atoms with Crippen LogP contribution in [-0.2, 0) is 14.7 Å². The highest BCUT2D eigenvalue weighted by molar-refractivity contribution is 9.10. The predicted octanol–water partition coefficient (Wildman–Crippen LogP) is 2.65. The standard InChI is InChI=1S/C12H14BrNO3S/c1-12(2)8-10(14-17-12)18(15,16)11(13)9-6-4-3-5-7-9/h3-8,11,14H,1-2H3. The van der Waals surface area contributed by atoms with Crippen molar-refractivity contribution in [1.82, 2.24) is 5.48 Å². The summed E-state index contributed by atoms with van der Waals surface area (Å²) in [5.41, 5.74) is 2.55. The molecule has 1 aliphatic heterocycles. The van der Waals surface area contributed by atoms with E-state index in [0.717, 1.165) is 0 Å². The average Bonchev–Trinajstić information content (AvgIpc) is 2.70. The summed E-state index contributed by atoms with van der Waals surface area (Å²) in [6.45, 7) is 3.57. The molecule has 1 aliphatic rings. The minimum Gasteiger partial charge on any atom is -0.265 e. The highest BCUT2D eigenvalue weighted by atomic mass is 79.9. The molecule has 1 heterocycles. The average molecular weight is 332 g/mol. The number of alkyl halides is 1. The van der Waals surface area contributed by atoms with Crippen LogP contribution in [0.4, 0.5) is 0 Å². The van der Waals surface area contributed by atoms with Crippen LogP contribution in [-0.4, -0.2) is 14.0 Å². The van der Waals surface area contributed by atoms with Crippen molar-refractivity contribution < 1.29 is 13.3 Å². The first kappa shape index (κ1) is 13.6. The summed E-state index contributed by atoms with van der Waals surface area (Å²) in [5, 5.41) is 0.0956. The van der Waals surface area contributed by atoms with E-state index in [1.165, 1.54) is 0 Å². The number of nitrogens with one attached hydrogen (secondary N) is 1. The fourth-order valence-electron chi connectivity index (χ4n) is 1.59. The lowest BCUT2D eigenvalue weighted by Crippen LogP contribution is -2.23. The van der Waals surface area contributed by atoms with Crippen molar-refractivity contribution in [2.45, 2.75) is 23.6 Å². The third-order valence-corrected chi connectivity index (χ3v) is 6.17. The van der Waals surface area contributed by atoms with Gasteiger partial charge in [0.25, 0.3) is 0 Å². The lowest BCUT2D eigenvalue weighted by Gasteiger charge is -2.13. The molecule has 1 aromatic rings. The van der Waals surface area contributed by atoms with Gasteiger partial charge < -0.3 is 0 Å². The summed E-state index contributed by atoms with van der Waals surface area (Å²) in [4.78, 5) is 5.18. The molecule has 0 radical (unpaired) electrons. The van der Waals surface area contributed by atoms with Crippen LogP contribution in [0.3, 0.4) is 0 Å². The van der Waals surface area contributed by atoms with Crippen molar-refractivity contribution in [2.24, 2.45) is 0 Å². The van der Waals surface area contributed by atoms with Crippen LogP contribution in [0.1, 0.15) is 23.6 Å². The third kappa shape index (κ3) is 2.60. The molecule has 2 rings (SSSR count). The van der Waals surface area contributed by atoms with Crippen molar-refractivity contribution in [3.8, 4) is 0 Å². The van der Waals surface area contributed by atoms with E-state index >= 15 is 0 Å². The second kappa shape index (κ2) is 4.68. The first-order valence-corrected chi connectivity index (χ1v) is 7.89. The molecule has 0 saturated carbocycles. The Morgan fingerprint density at radius 1 is 1.28 bits per heavy atom. The lowest BCUT2D eigenvalue weighted by atomic mass is 10.1. The number of hydroxylamine groups is 1. The van der Waals surface area contributed by atoms with Gasteiger partial charge in [-0.3, -0.25) is 10.3 Å². The number of rotatable bonds is 3. The van der Waals surface area contributed by atoms with Gasteiger partial charge in [0.05, 0.1) is 0 Å². The van der Waals surface area contributed by atoms with Crippen LogP contribution in [0, 0.1) is 0 Å². The molecule has 0 saturated heterocycles. The summed E-state index contributed by atoms with van der Waals surface area (Å²) in [6, 6.07) is 8.97. The second-order valence-corrected chi connectivity index (χ2v) is 8.11. The number of hydrogen-bond acceptors (Lipinski definition) is 4. The van der Waals surface area contributed by atoms with Crippen LogP contribution < -0.4 is 5.48 Å². The molecule has 0 aliphatic carbocycles. The van der Waals surface area contributed by atoms with E-state index < -0.39 is 19.6 Å². The van der Waals surface area contributed by atoms with Crippen LogP contribution >= 0.6 is 15.9 Å². The van der Waals surface area contributed by atoms with Gasteiger partial charge in [-0.1, -0.05) is 46.3 Å². The van der Waals surface area contributed by atoms with E-state index in [1.54, 1.807) is 44.2 Å². The largest absolute Gasteiger partial charge is 0.265 e. The summed E-state index contributed by atoms with van der Waals surface area (Å²) in [7, 11) is -3.52. The molecule has 98 valence electrons. The van der Waals surface area contributed by atoms with Crippen molar-refractivity contribution in [1.29, 1.82) is 0 Å². The van der Waals surface area contributed by atoms with Crippen molar-refractivity contribution in [2.75, 3.05) is 0 Å². The maximum Gasteiger partial charge on any atom is 0.212 e. The van der Waals surface area contributed by atoms with Gasteiger partial charge in [-0.25, -0.2) is 8.42 Å². The zero-order chi connectivity index (χ0) is 13.4.